The average molecular weight is 172 g/mol. The molecule has 0 radical (unpaired) electrons. The zero-order valence-electron chi connectivity index (χ0n) is 6.57. The van der Waals surface area contributed by atoms with E-state index in [9.17, 15) is 8.78 Å². The summed E-state index contributed by atoms with van der Waals surface area (Å²) in [4.78, 5) is 0. The van der Waals surface area contributed by atoms with Crippen molar-refractivity contribution >= 4 is 10.2 Å². The van der Waals surface area contributed by atoms with Crippen LogP contribution in [0.25, 0.3) is 0 Å². The molecule has 11 heavy (non-hydrogen) atoms. The molecule has 0 heterocycles. The van der Waals surface area contributed by atoms with Crippen molar-refractivity contribution in [3.05, 3.63) is 35.4 Å². The van der Waals surface area contributed by atoms with Gasteiger partial charge in [-0.05, 0) is 17.7 Å². The number of rotatable bonds is 1. The van der Waals surface area contributed by atoms with E-state index >= 15 is 0 Å². The molecule has 0 aliphatic carbocycles. The molecule has 1 unspecified atom stereocenters. The van der Waals surface area contributed by atoms with Gasteiger partial charge in [0, 0.05) is 15.8 Å². The van der Waals surface area contributed by atoms with Gasteiger partial charge in [-0.15, -0.1) is 0 Å². The highest BCUT2D eigenvalue weighted by atomic mass is 28.1. The molecule has 60 valence electrons. The second-order valence-electron chi connectivity index (χ2n) is 2.79. The van der Waals surface area contributed by atoms with Crippen LogP contribution in [0.1, 0.15) is 18.0 Å². The first-order valence-electron chi connectivity index (χ1n) is 3.57. The van der Waals surface area contributed by atoms with Crippen molar-refractivity contribution in [1.82, 2.24) is 0 Å². The summed E-state index contributed by atoms with van der Waals surface area (Å²) in [5.41, 5.74) is 0.273. The van der Waals surface area contributed by atoms with Gasteiger partial charge in [0.05, 0.1) is 0 Å². The molecule has 3 heteroatoms. The molecule has 0 nitrogen and oxygen atoms in total. The fourth-order valence-corrected chi connectivity index (χ4v) is 1.61. The maximum atomic E-state index is 12.9. The summed E-state index contributed by atoms with van der Waals surface area (Å²) >= 11 is 0. The van der Waals surface area contributed by atoms with Gasteiger partial charge < -0.3 is 0 Å². The first kappa shape index (κ1) is 8.39. The molecule has 0 spiro atoms. The van der Waals surface area contributed by atoms with Gasteiger partial charge >= 0.3 is 0 Å². The normalized spacial score (nSPS) is 13.4. The van der Waals surface area contributed by atoms with Crippen LogP contribution in [0.4, 0.5) is 8.78 Å². The molecule has 0 aliphatic heterocycles. The molecule has 0 bridgehead atoms. The lowest BCUT2D eigenvalue weighted by Crippen LogP contribution is -1.99. The standard InChI is InChI=1S/C8H10F2Si/c1-5(11)8-6(9)3-2-4-7(8)10/h2-5H,1,11H3. The molecule has 0 N–H and O–H groups in total. The molecule has 0 saturated carbocycles. The summed E-state index contributed by atoms with van der Waals surface area (Å²) in [6, 6.07) is 3.98. The SMILES string of the molecule is CC([SiH3])c1c(F)cccc1F. The lowest BCUT2D eigenvalue weighted by Gasteiger charge is -2.06. The lowest BCUT2D eigenvalue weighted by molar-refractivity contribution is 0.556. The van der Waals surface area contributed by atoms with Crippen molar-refractivity contribution in [3.8, 4) is 0 Å². The largest absolute Gasteiger partial charge is 0.207 e. The third kappa shape index (κ3) is 1.65. The van der Waals surface area contributed by atoms with E-state index in [0.29, 0.717) is 0 Å². The predicted octanol–water partition coefficient (Wildman–Crippen LogP) is 1.39. The zero-order chi connectivity index (χ0) is 8.43. The predicted molar refractivity (Wildman–Crippen MR) is 44.7 cm³/mol. The summed E-state index contributed by atoms with van der Waals surface area (Å²) in [5, 5.41) is 0. The molecular formula is C8H10F2Si. The Balaban J connectivity index is 3.21. The highest BCUT2D eigenvalue weighted by Gasteiger charge is 2.10. The Morgan fingerprint density at radius 1 is 1.27 bits per heavy atom. The highest BCUT2D eigenvalue weighted by Crippen LogP contribution is 2.18. The van der Waals surface area contributed by atoms with E-state index in [1.807, 2.05) is 6.92 Å². The summed E-state index contributed by atoms with van der Waals surface area (Å²) < 4.78 is 25.8. The van der Waals surface area contributed by atoms with E-state index in [1.165, 1.54) is 18.2 Å². The van der Waals surface area contributed by atoms with Gasteiger partial charge in [-0.3, -0.25) is 0 Å². The molecule has 0 saturated heterocycles. The second kappa shape index (κ2) is 3.13. The molecule has 0 amide bonds. The van der Waals surface area contributed by atoms with E-state index in [2.05, 4.69) is 0 Å². The smallest absolute Gasteiger partial charge is 0.129 e. The molecule has 1 aromatic carbocycles. The Bertz CT molecular complexity index is 238. The maximum Gasteiger partial charge on any atom is 0.129 e. The highest BCUT2D eigenvalue weighted by molar-refractivity contribution is 6.12. The zero-order valence-corrected chi connectivity index (χ0v) is 8.57. The second-order valence-corrected chi connectivity index (χ2v) is 4.52. The van der Waals surface area contributed by atoms with Crippen LogP contribution in [0.3, 0.4) is 0 Å². The Morgan fingerprint density at radius 2 is 1.73 bits per heavy atom. The molecule has 0 aliphatic rings. The van der Waals surface area contributed by atoms with Gasteiger partial charge in [-0.25, -0.2) is 8.78 Å². The van der Waals surface area contributed by atoms with Crippen LogP contribution >= 0.6 is 0 Å². The van der Waals surface area contributed by atoms with Crippen molar-refractivity contribution < 1.29 is 8.78 Å². The molecule has 1 atom stereocenters. The number of halogens is 2. The lowest BCUT2D eigenvalue weighted by atomic mass is 10.1. The van der Waals surface area contributed by atoms with Crippen LogP contribution in [-0.2, 0) is 0 Å². The summed E-state index contributed by atoms with van der Waals surface area (Å²) in [6.45, 7) is 1.83. The maximum absolute atomic E-state index is 12.9. The minimum atomic E-state index is -0.424. The van der Waals surface area contributed by atoms with Crippen LogP contribution in [0.5, 0.6) is 0 Å². The van der Waals surface area contributed by atoms with E-state index in [4.69, 9.17) is 0 Å². The quantitative estimate of drug-likeness (QED) is 0.562. The Morgan fingerprint density at radius 3 is 2.00 bits per heavy atom. The fraction of sp³-hybridized carbons (Fsp3) is 0.250. The van der Waals surface area contributed by atoms with Gasteiger partial charge in [0.2, 0.25) is 0 Å². The van der Waals surface area contributed by atoms with Crippen LogP contribution in [0.2, 0.25) is 0 Å². The Labute approximate surface area is 67.7 Å². The van der Waals surface area contributed by atoms with Crippen molar-refractivity contribution in [1.29, 1.82) is 0 Å². The molecule has 0 aromatic heterocycles. The molecule has 1 rings (SSSR count). The first-order valence-corrected chi connectivity index (χ1v) is 4.72. The summed E-state index contributed by atoms with van der Waals surface area (Å²) in [5.74, 6) is -0.847. The Kier molecular flexibility index (Phi) is 2.39. The van der Waals surface area contributed by atoms with Crippen LogP contribution in [-0.4, -0.2) is 10.2 Å². The number of hydrogen-bond donors (Lipinski definition) is 0. The van der Waals surface area contributed by atoms with Crippen molar-refractivity contribution in [3.63, 3.8) is 0 Å². The van der Waals surface area contributed by atoms with Gasteiger partial charge in [-0.1, -0.05) is 13.0 Å². The van der Waals surface area contributed by atoms with E-state index in [1.54, 1.807) is 0 Å². The van der Waals surface area contributed by atoms with Gasteiger partial charge in [-0.2, -0.15) is 0 Å². The van der Waals surface area contributed by atoms with Crippen molar-refractivity contribution in [2.24, 2.45) is 0 Å². The van der Waals surface area contributed by atoms with Crippen LogP contribution in [0, 0.1) is 11.6 Å². The summed E-state index contributed by atoms with van der Waals surface area (Å²) in [6.07, 6.45) is 0. The third-order valence-electron chi connectivity index (χ3n) is 1.58. The average Bonchev–Trinajstić information content (AvgIpc) is 1.85. The van der Waals surface area contributed by atoms with Gasteiger partial charge in [0.25, 0.3) is 0 Å². The number of benzene rings is 1. The van der Waals surface area contributed by atoms with E-state index < -0.39 is 11.6 Å². The van der Waals surface area contributed by atoms with Gasteiger partial charge in [0.1, 0.15) is 11.6 Å². The minimum Gasteiger partial charge on any atom is -0.207 e. The monoisotopic (exact) mass is 172 g/mol. The Hall–Kier alpha value is -0.703. The molecule has 1 aromatic rings. The number of hydrogen-bond acceptors (Lipinski definition) is 0. The van der Waals surface area contributed by atoms with Crippen molar-refractivity contribution in [2.75, 3.05) is 0 Å². The van der Waals surface area contributed by atoms with Crippen LogP contribution < -0.4 is 0 Å². The third-order valence-corrected chi connectivity index (χ3v) is 2.15. The molecule has 0 fully saturated rings. The summed E-state index contributed by atoms with van der Waals surface area (Å²) in [7, 11) is 0.774. The topological polar surface area (TPSA) is 0 Å². The van der Waals surface area contributed by atoms with Crippen LogP contribution in [0.15, 0.2) is 18.2 Å². The van der Waals surface area contributed by atoms with Gasteiger partial charge in [0.15, 0.2) is 0 Å². The molecular weight excluding hydrogens is 162 g/mol. The minimum absolute atomic E-state index is 0.0381. The fourth-order valence-electron chi connectivity index (χ4n) is 1.06. The first-order chi connectivity index (χ1) is 5.13. The van der Waals surface area contributed by atoms with E-state index in [-0.39, 0.29) is 11.1 Å². The van der Waals surface area contributed by atoms with Crippen molar-refractivity contribution in [2.45, 2.75) is 12.5 Å². The van der Waals surface area contributed by atoms with E-state index in [0.717, 1.165) is 10.2 Å².